The lowest BCUT2D eigenvalue weighted by molar-refractivity contribution is 0.144. The first-order valence-corrected chi connectivity index (χ1v) is 4.46. The van der Waals surface area contributed by atoms with Gasteiger partial charge in [-0.3, -0.25) is 0 Å². The third-order valence-electron chi connectivity index (χ3n) is 2.64. The fourth-order valence-electron chi connectivity index (χ4n) is 1.99. The minimum absolute atomic E-state index is 0.319. The van der Waals surface area contributed by atoms with E-state index >= 15 is 0 Å². The molecule has 0 heterocycles. The normalized spacial score (nSPS) is 20.2. The molecule has 0 spiro atoms. The molecule has 0 saturated heterocycles. The maximum absolute atomic E-state index is 13.1. The highest BCUT2D eigenvalue weighted by Gasteiger charge is 2.28. The molecular weight excluding hydrogens is 191 g/mol. The van der Waals surface area contributed by atoms with Crippen molar-refractivity contribution < 1.29 is 13.2 Å². The van der Waals surface area contributed by atoms with E-state index in [-0.39, 0.29) is 0 Å². The highest BCUT2D eigenvalue weighted by molar-refractivity contribution is 5.42. The Morgan fingerprint density at radius 3 is 2.71 bits per heavy atom. The number of hydrogen-bond donors (Lipinski definition) is 1. The SMILES string of the molecule is N[C@@H]1CCc2ccc(F)c(C(F)F)c21. The Morgan fingerprint density at radius 2 is 2.07 bits per heavy atom. The van der Waals surface area contributed by atoms with Crippen LogP contribution in [0.2, 0.25) is 0 Å². The van der Waals surface area contributed by atoms with E-state index in [1.165, 1.54) is 0 Å². The maximum Gasteiger partial charge on any atom is 0.267 e. The molecule has 0 bridgehead atoms. The van der Waals surface area contributed by atoms with E-state index in [9.17, 15) is 13.2 Å². The molecule has 1 atom stereocenters. The molecule has 76 valence electrons. The zero-order chi connectivity index (χ0) is 10.3. The van der Waals surface area contributed by atoms with Crippen molar-refractivity contribution in [1.82, 2.24) is 0 Å². The van der Waals surface area contributed by atoms with E-state index in [1.807, 2.05) is 0 Å². The van der Waals surface area contributed by atoms with Crippen molar-refractivity contribution >= 4 is 0 Å². The summed E-state index contributed by atoms with van der Waals surface area (Å²) in [6.45, 7) is 0. The first kappa shape index (κ1) is 9.52. The first-order chi connectivity index (χ1) is 6.61. The van der Waals surface area contributed by atoms with Gasteiger partial charge in [0, 0.05) is 6.04 Å². The number of alkyl halides is 2. The summed E-state index contributed by atoms with van der Waals surface area (Å²) in [5.74, 6) is -0.851. The minimum Gasteiger partial charge on any atom is -0.324 e. The molecule has 1 nitrogen and oxygen atoms in total. The van der Waals surface area contributed by atoms with Crippen LogP contribution in [-0.4, -0.2) is 0 Å². The van der Waals surface area contributed by atoms with Gasteiger partial charge in [-0.05, 0) is 30.0 Å². The third-order valence-corrected chi connectivity index (χ3v) is 2.64. The van der Waals surface area contributed by atoms with E-state index in [2.05, 4.69) is 0 Å². The topological polar surface area (TPSA) is 26.0 Å². The summed E-state index contributed by atoms with van der Waals surface area (Å²) >= 11 is 0. The van der Waals surface area contributed by atoms with Gasteiger partial charge < -0.3 is 5.73 Å². The molecule has 1 aromatic carbocycles. The van der Waals surface area contributed by atoms with Crippen LogP contribution in [0.1, 0.15) is 35.6 Å². The Balaban J connectivity index is 2.62. The van der Waals surface area contributed by atoms with Crippen LogP contribution in [0.4, 0.5) is 13.2 Å². The molecule has 1 aliphatic rings. The Kier molecular flexibility index (Phi) is 2.23. The third kappa shape index (κ3) is 1.30. The van der Waals surface area contributed by atoms with E-state index in [0.29, 0.717) is 18.4 Å². The quantitative estimate of drug-likeness (QED) is 0.742. The monoisotopic (exact) mass is 201 g/mol. The molecule has 0 aliphatic heterocycles. The van der Waals surface area contributed by atoms with E-state index in [1.54, 1.807) is 6.07 Å². The van der Waals surface area contributed by atoms with Crippen LogP contribution in [0.3, 0.4) is 0 Å². The summed E-state index contributed by atoms with van der Waals surface area (Å²) in [7, 11) is 0. The van der Waals surface area contributed by atoms with Crippen molar-refractivity contribution in [2.75, 3.05) is 0 Å². The van der Waals surface area contributed by atoms with Gasteiger partial charge in [-0.2, -0.15) is 0 Å². The molecule has 0 aromatic heterocycles. The largest absolute Gasteiger partial charge is 0.324 e. The molecule has 1 aromatic rings. The van der Waals surface area contributed by atoms with Crippen LogP contribution < -0.4 is 5.73 Å². The lowest BCUT2D eigenvalue weighted by Crippen LogP contribution is -2.10. The molecule has 14 heavy (non-hydrogen) atoms. The highest BCUT2D eigenvalue weighted by atomic mass is 19.3. The van der Waals surface area contributed by atoms with Gasteiger partial charge in [0.2, 0.25) is 0 Å². The summed E-state index contributed by atoms with van der Waals surface area (Å²) < 4.78 is 38.3. The zero-order valence-corrected chi connectivity index (χ0v) is 7.43. The van der Waals surface area contributed by atoms with Crippen molar-refractivity contribution in [3.63, 3.8) is 0 Å². The Morgan fingerprint density at radius 1 is 1.36 bits per heavy atom. The van der Waals surface area contributed by atoms with E-state index in [0.717, 1.165) is 11.6 Å². The summed E-state index contributed by atoms with van der Waals surface area (Å²) in [5, 5.41) is 0. The fourth-order valence-corrected chi connectivity index (χ4v) is 1.99. The van der Waals surface area contributed by atoms with Gasteiger partial charge in [-0.25, -0.2) is 13.2 Å². The van der Waals surface area contributed by atoms with Crippen LogP contribution in [0, 0.1) is 5.82 Å². The number of benzene rings is 1. The van der Waals surface area contributed by atoms with Crippen molar-refractivity contribution in [2.45, 2.75) is 25.3 Å². The number of hydrogen-bond acceptors (Lipinski definition) is 1. The average Bonchev–Trinajstić information content (AvgIpc) is 2.47. The van der Waals surface area contributed by atoms with Crippen LogP contribution in [0.25, 0.3) is 0 Å². The fraction of sp³-hybridized carbons (Fsp3) is 0.400. The van der Waals surface area contributed by atoms with Gasteiger partial charge >= 0.3 is 0 Å². The van der Waals surface area contributed by atoms with Gasteiger partial charge in [-0.1, -0.05) is 6.07 Å². The lowest BCUT2D eigenvalue weighted by Gasteiger charge is -2.12. The number of aryl methyl sites for hydroxylation is 1. The Labute approximate surface area is 79.7 Å². The molecule has 0 unspecified atom stereocenters. The predicted octanol–water partition coefficient (Wildman–Crippen LogP) is 2.71. The number of halogens is 3. The van der Waals surface area contributed by atoms with Gasteiger partial charge in [0.05, 0.1) is 5.56 Å². The van der Waals surface area contributed by atoms with Crippen molar-refractivity contribution in [3.8, 4) is 0 Å². The van der Waals surface area contributed by atoms with Crippen molar-refractivity contribution in [1.29, 1.82) is 0 Å². The highest BCUT2D eigenvalue weighted by Crippen LogP contribution is 2.37. The molecule has 1 aliphatic carbocycles. The van der Waals surface area contributed by atoms with E-state index < -0.39 is 23.8 Å². The summed E-state index contributed by atoms with van der Waals surface area (Å²) in [6, 6.07) is 2.20. The lowest BCUT2D eigenvalue weighted by atomic mass is 10.0. The second-order valence-electron chi connectivity index (χ2n) is 3.48. The molecule has 0 radical (unpaired) electrons. The van der Waals surface area contributed by atoms with Crippen molar-refractivity contribution in [2.24, 2.45) is 5.73 Å². The smallest absolute Gasteiger partial charge is 0.267 e. The summed E-state index contributed by atoms with van der Waals surface area (Å²) in [6.07, 6.45) is -1.50. The van der Waals surface area contributed by atoms with Crippen molar-refractivity contribution in [3.05, 3.63) is 34.6 Å². The van der Waals surface area contributed by atoms with Crippen LogP contribution in [0.5, 0.6) is 0 Å². The summed E-state index contributed by atoms with van der Waals surface area (Å²) in [4.78, 5) is 0. The molecule has 2 rings (SSSR count). The zero-order valence-electron chi connectivity index (χ0n) is 7.43. The second-order valence-corrected chi connectivity index (χ2v) is 3.48. The van der Waals surface area contributed by atoms with Gasteiger partial charge in [0.1, 0.15) is 5.82 Å². The van der Waals surface area contributed by atoms with E-state index in [4.69, 9.17) is 5.73 Å². The Hall–Kier alpha value is -1.03. The predicted molar refractivity (Wildman–Crippen MR) is 46.6 cm³/mol. The second kappa shape index (κ2) is 3.28. The maximum atomic E-state index is 13.1. The molecule has 4 heteroatoms. The van der Waals surface area contributed by atoms with Crippen LogP contribution in [-0.2, 0) is 6.42 Å². The minimum atomic E-state index is -2.78. The van der Waals surface area contributed by atoms with Gasteiger partial charge in [0.15, 0.2) is 0 Å². The number of nitrogens with two attached hydrogens (primary N) is 1. The average molecular weight is 201 g/mol. The molecule has 0 amide bonds. The first-order valence-electron chi connectivity index (χ1n) is 4.46. The van der Waals surface area contributed by atoms with Gasteiger partial charge in [0.25, 0.3) is 6.43 Å². The van der Waals surface area contributed by atoms with Crippen LogP contribution in [0.15, 0.2) is 12.1 Å². The number of fused-ring (bicyclic) bond motifs is 1. The molecule has 0 saturated carbocycles. The van der Waals surface area contributed by atoms with Crippen LogP contribution >= 0.6 is 0 Å². The summed E-state index contributed by atoms with van der Waals surface area (Å²) in [5.41, 5.74) is 6.22. The number of rotatable bonds is 1. The molecular formula is C10H10F3N. The van der Waals surface area contributed by atoms with Gasteiger partial charge in [-0.15, -0.1) is 0 Å². The standard InChI is InChI=1S/C10H10F3N/c11-6-3-1-5-2-4-7(14)8(5)9(6)10(12)13/h1,3,7,10H,2,4,14H2/t7-/m1/s1. The Bertz CT molecular complexity index is 363. The molecule has 2 N–H and O–H groups in total. The molecule has 0 fully saturated rings.